The summed E-state index contributed by atoms with van der Waals surface area (Å²) < 4.78 is 11.2. The molecule has 0 spiro atoms. The molecule has 1 unspecified atom stereocenters. The molecule has 5 nitrogen and oxygen atoms in total. The van der Waals surface area contributed by atoms with E-state index in [2.05, 4.69) is 40.7 Å². The van der Waals surface area contributed by atoms with Gasteiger partial charge in [0.15, 0.2) is 5.96 Å². The number of guanidine groups is 1. The number of rotatable bonds is 5. The number of benzene rings is 1. The lowest BCUT2D eigenvalue weighted by Gasteiger charge is -2.16. The van der Waals surface area contributed by atoms with E-state index in [1.54, 1.807) is 7.05 Å². The molecule has 3 rings (SSSR count). The van der Waals surface area contributed by atoms with Crippen LogP contribution in [0.15, 0.2) is 39.7 Å². The summed E-state index contributed by atoms with van der Waals surface area (Å²) in [6, 6.07) is 10.5. The highest BCUT2D eigenvalue weighted by Crippen LogP contribution is 2.25. The summed E-state index contributed by atoms with van der Waals surface area (Å²) in [7, 11) is 1.78. The zero-order chi connectivity index (χ0) is 16.9. The van der Waals surface area contributed by atoms with Crippen molar-refractivity contribution in [3.63, 3.8) is 0 Å². The third kappa shape index (κ3) is 5.14. The number of ether oxygens (including phenoxy) is 1. The van der Waals surface area contributed by atoms with Gasteiger partial charge in [-0.1, -0.05) is 12.1 Å². The molecule has 1 aliphatic heterocycles. The predicted molar refractivity (Wildman–Crippen MR) is 111 cm³/mol. The number of halogens is 1. The van der Waals surface area contributed by atoms with Gasteiger partial charge in [-0.25, -0.2) is 0 Å². The summed E-state index contributed by atoms with van der Waals surface area (Å²) in [4.78, 5) is 4.28. The summed E-state index contributed by atoms with van der Waals surface area (Å²) in [6.45, 7) is 5.64. The standard InChI is InChI=1S/C19H25N3O2.HI/c1-13-4-6-17(24-13)14(2)22-19(20-3)21-10-8-15-5-7-18-16(12-15)9-11-23-18;/h4-7,12,14H,8-11H2,1-3H3,(H2,20,21,22);1H. The number of aryl methyl sites for hydroxylation is 1. The van der Waals surface area contributed by atoms with Crippen molar-refractivity contribution < 1.29 is 9.15 Å². The number of fused-ring (bicyclic) bond motifs is 1. The van der Waals surface area contributed by atoms with Gasteiger partial charge in [-0.05, 0) is 49.6 Å². The Bertz CT molecular complexity index is 727. The Morgan fingerprint density at radius 2 is 2.12 bits per heavy atom. The molecule has 25 heavy (non-hydrogen) atoms. The van der Waals surface area contributed by atoms with E-state index >= 15 is 0 Å². The molecular weight excluding hydrogens is 429 g/mol. The van der Waals surface area contributed by atoms with Crippen LogP contribution in [0, 0.1) is 6.92 Å². The third-order valence-corrected chi connectivity index (χ3v) is 4.22. The topological polar surface area (TPSA) is 58.8 Å². The minimum absolute atomic E-state index is 0. The van der Waals surface area contributed by atoms with Gasteiger partial charge in [-0.15, -0.1) is 24.0 Å². The fourth-order valence-corrected chi connectivity index (χ4v) is 2.88. The van der Waals surface area contributed by atoms with Gasteiger partial charge in [0.25, 0.3) is 0 Å². The summed E-state index contributed by atoms with van der Waals surface area (Å²) in [5.41, 5.74) is 2.63. The first-order valence-electron chi connectivity index (χ1n) is 8.44. The first kappa shape index (κ1) is 19.6. The molecule has 0 fully saturated rings. The molecule has 1 aromatic heterocycles. The lowest BCUT2D eigenvalue weighted by atomic mass is 10.1. The Morgan fingerprint density at radius 3 is 2.84 bits per heavy atom. The molecule has 1 aromatic carbocycles. The van der Waals surface area contributed by atoms with Crippen LogP contribution in [0.1, 0.15) is 35.6 Å². The van der Waals surface area contributed by atoms with Gasteiger partial charge in [0.2, 0.25) is 0 Å². The quantitative estimate of drug-likeness (QED) is 0.411. The van der Waals surface area contributed by atoms with Crippen molar-refractivity contribution in [3.05, 3.63) is 53.0 Å². The number of hydrogen-bond donors (Lipinski definition) is 2. The molecule has 1 atom stereocenters. The predicted octanol–water partition coefficient (Wildman–Crippen LogP) is 3.61. The molecule has 0 radical (unpaired) electrons. The van der Waals surface area contributed by atoms with Gasteiger partial charge in [0.1, 0.15) is 17.3 Å². The zero-order valence-electron chi connectivity index (χ0n) is 15.0. The Labute approximate surface area is 166 Å². The normalized spacial score (nSPS) is 14.3. The Balaban J connectivity index is 0.00000225. The molecule has 0 amide bonds. The average Bonchev–Trinajstić information content (AvgIpc) is 3.22. The second kappa shape index (κ2) is 9.12. The highest BCUT2D eigenvalue weighted by molar-refractivity contribution is 14.0. The molecule has 0 aliphatic carbocycles. The Kier molecular flexibility index (Phi) is 7.16. The minimum Gasteiger partial charge on any atom is -0.493 e. The van der Waals surface area contributed by atoms with Crippen LogP contribution < -0.4 is 15.4 Å². The molecular formula is C19H26IN3O2. The fraction of sp³-hybridized carbons (Fsp3) is 0.421. The summed E-state index contributed by atoms with van der Waals surface area (Å²) in [5, 5.41) is 6.71. The summed E-state index contributed by atoms with van der Waals surface area (Å²) >= 11 is 0. The lowest BCUT2D eigenvalue weighted by Crippen LogP contribution is -2.39. The van der Waals surface area contributed by atoms with Gasteiger partial charge < -0.3 is 19.8 Å². The van der Waals surface area contributed by atoms with E-state index in [4.69, 9.17) is 9.15 Å². The highest BCUT2D eigenvalue weighted by Gasteiger charge is 2.13. The van der Waals surface area contributed by atoms with E-state index in [1.165, 1.54) is 11.1 Å². The molecule has 136 valence electrons. The van der Waals surface area contributed by atoms with Crippen molar-refractivity contribution in [2.45, 2.75) is 32.7 Å². The maximum absolute atomic E-state index is 5.65. The number of hydrogen-bond acceptors (Lipinski definition) is 3. The van der Waals surface area contributed by atoms with Crippen LogP contribution in [-0.2, 0) is 12.8 Å². The maximum Gasteiger partial charge on any atom is 0.191 e. The van der Waals surface area contributed by atoms with E-state index < -0.39 is 0 Å². The van der Waals surface area contributed by atoms with Crippen LogP contribution in [0.5, 0.6) is 5.75 Å². The van der Waals surface area contributed by atoms with Crippen LogP contribution in [0.25, 0.3) is 0 Å². The Morgan fingerprint density at radius 1 is 1.28 bits per heavy atom. The fourth-order valence-electron chi connectivity index (χ4n) is 2.88. The highest BCUT2D eigenvalue weighted by atomic mass is 127. The number of furan rings is 1. The largest absolute Gasteiger partial charge is 0.493 e. The van der Waals surface area contributed by atoms with E-state index in [1.807, 2.05) is 19.1 Å². The molecule has 2 heterocycles. The van der Waals surface area contributed by atoms with Crippen LogP contribution in [0.3, 0.4) is 0 Å². The van der Waals surface area contributed by atoms with Crippen molar-refractivity contribution >= 4 is 29.9 Å². The van der Waals surface area contributed by atoms with Gasteiger partial charge in [-0.3, -0.25) is 4.99 Å². The molecule has 1 aliphatic rings. The monoisotopic (exact) mass is 455 g/mol. The second-order valence-electron chi connectivity index (χ2n) is 6.10. The van der Waals surface area contributed by atoms with Crippen molar-refractivity contribution in [2.24, 2.45) is 4.99 Å². The first-order chi connectivity index (χ1) is 11.7. The van der Waals surface area contributed by atoms with E-state index in [-0.39, 0.29) is 30.0 Å². The molecule has 2 aromatic rings. The van der Waals surface area contributed by atoms with E-state index in [0.29, 0.717) is 0 Å². The van der Waals surface area contributed by atoms with E-state index in [9.17, 15) is 0 Å². The molecule has 6 heteroatoms. The number of nitrogens with one attached hydrogen (secondary N) is 2. The maximum atomic E-state index is 5.65. The molecule has 0 saturated carbocycles. The smallest absolute Gasteiger partial charge is 0.191 e. The molecule has 0 bridgehead atoms. The van der Waals surface area contributed by atoms with Gasteiger partial charge in [-0.2, -0.15) is 0 Å². The Hall–Kier alpha value is -1.70. The van der Waals surface area contributed by atoms with Crippen LogP contribution in [0.4, 0.5) is 0 Å². The van der Waals surface area contributed by atoms with Crippen molar-refractivity contribution in [2.75, 3.05) is 20.2 Å². The zero-order valence-corrected chi connectivity index (χ0v) is 17.3. The third-order valence-electron chi connectivity index (χ3n) is 4.22. The second-order valence-corrected chi connectivity index (χ2v) is 6.10. The number of aliphatic imine (C=N–C) groups is 1. The van der Waals surface area contributed by atoms with Gasteiger partial charge in [0, 0.05) is 20.0 Å². The number of nitrogens with zero attached hydrogens (tertiary/aromatic N) is 1. The first-order valence-corrected chi connectivity index (χ1v) is 8.44. The summed E-state index contributed by atoms with van der Waals surface area (Å²) in [6.07, 6.45) is 1.96. The van der Waals surface area contributed by atoms with Gasteiger partial charge in [0.05, 0.1) is 12.6 Å². The van der Waals surface area contributed by atoms with Crippen molar-refractivity contribution in [3.8, 4) is 5.75 Å². The van der Waals surface area contributed by atoms with Crippen LogP contribution in [-0.4, -0.2) is 26.2 Å². The molecule has 0 saturated heterocycles. The van der Waals surface area contributed by atoms with Crippen molar-refractivity contribution in [1.82, 2.24) is 10.6 Å². The van der Waals surface area contributed by atoms with Crippen LogP contribution >= 0.6 is 24.0 Å². The average molecular weight is 455 g/mol. The van der Waals surface area contributed by atoms with E-state index in [0.717, 1.165) is 49.2 Å². The summed E-state index contributed by atoms with van der Waals surface area (Å²) in [5.74, 6) is 3.64. The SMILES string of the molecule is CN=C(NCCc1ccc2c(c1)CCO2)NC(C)c1ccc(C)o1.I. The van der Waals surface area contributed by atoms with Crippen LogP contribution in [0.2, 0.25) is 0 Å². The van der Waals surface area contributed by atoms with Crippen molar-refractivity contribution in [1.29, 1.82) is 0 Å². The van der Waals surface area contributed by atoms with Gasteiger partial charge >= 0.3 is 0 Å². The minimum atomic E-state index is 0. The molecule has 2 N–H and O–H groups in total. The lowest BCUT2D eigenvalue weighted by molar-refractivity contribution is 0.357.